The van der Waals surface area contributed by atoms with Crippen molar-refractivity contribution in [2.75, 3.05) is 41.8 Å². The number of nitrogens with one attached hydrogen (secondary N) is 3. The molecular formula is C31H37BrN10O2S. The first-order chi connectivity index (χ1) is 21.8. The number of hydrogen-bond acceptors (Lipinski definition) is 10. The summed E-state index contributed by atoms with van der Waals surface area (Å²) in [5.41, 5.74) is 4.75. The van der Waals surface area contributed by atoms with Crippen LogP contribution in [0.25, 0.3) is 11.4 Å². The zero-order valence-corrected chi connectivity index (χ0v) is 28.0. The number of carbonyl (C=O) groups excluding carboxylic acids is 1. The highest BCUT2D eigenvalue weighted by Crippen LogP contribution is 2.33. The lowest BCUT2D eigenvalue weighted by atomic mass is 10.0. The minimum Gasteiger partial charge on any atom is -0.381 e. The summed E-state index contributed by atoms with van der Waals surface area (Å²) in [7, 11) is 1.91. The Hall–Kier alpha value is -3.75. The van der Waals surface area contributed by atoms with Gasteiger partial charge in [0.05, 0.1) is 10.2 Å². The lowest BCUT2D eigenvalue weighted by molar-refractivity contribution is 0.0903. The molecule has 5 heterocycles. The summed E-state index contributed by atoms with van der Waals surface area (Å²) < 4.78 is 8.08. The predicted molar refractivity (Wildman–Crippen MR) is 179 cm³/mol. The summed E-state index contributed by atoms with van der Waals surface area (Å²) >= 11 is 5.11. The van der Waals surface area contributed by atoms with Gasteiger partial charge in [0.25, 0.3) is 0 Å². The molecule has 2 amide bonds. The quantitative estimate of drug-likeness (QED) is 0.201. The second-order valence-electron chi connectivity index (χ2n) is 11.3. The molecule has 0 radical (unpaired) electrons. The lowest BCUT2D eigenvalue weighted by Gasteiger charge is -2.34. The van der Waals surface area contributed by atoms with E-state index >= 15 is 0 Å². The summed E-state index contributed by atoms with van der Waals surface area (Å²) in [5.74, 6) is 1.52. The molecule has 0 atom stereocenters. The number of aromatic nitrogens is 6. The molecule has 45 heavy (non-hydrogen) atoms. The van der Waals surface area contributed by atoms with Crippen LogP contribution in [0.2, 0.25) is 0 Å². The number of ether oxygens (including phenoxy) is 1. The number of carbonyl (C=O) groups is 1. The van der Waals surface area contributed by atoms with Gasteiger partial charge in [-0.1, -0.05) is 11.8 Å². The maximum Gasteiger partial charge on any atom is 0.319 e. The van der Waals surface area contributed by atoms with Crippen LogP contribution in [0, 0.1) is 13.8 Å². The lowest BCUT2D eigenvalue weighted by Crippen LogP contribution is -2.46. The summed E-state index contributed by atoms with van der Waals surface area (Å²) in [6.07, 6.45) is 7.08. The molecule has 3 N–H and O–H groups in total. The molecule has 2 aliphatic heterocycles. The van der Waals surface area contributed by atoms with Gasteiger partial charge in [0.15, 0.2) is 5.82 Å². The van der Waals surface area contributed by atoms with E-state index in [0.29, 0.717) is 12.0 Å². The van der Waals surface area contributed by atoms with Crippen LogP contribution in [0.1, 0.15) is 36.8 Å². The van der Waals surface area contributed by atoms with Gasteiger partial charge in [-0.15, -0.1) is 10.2 Å². The number of piperidine rings is 1. The number of urea groups is 1. The van der Waals surface area contributed by atoms with Crippen molar-refractivity contribution in [3.8, 4) is 11.4 Å². The van der Waals surface area contributed by atoms with Gasteiger partial charge in [-0.25, -0.2) is 14.8 Å². The number of benzene rings is 1. The van der Waals surface area contributed by atoms with E-state index in [9.17, 15) is 4.79 Å². The van der Waals surface area contributed by atoms with E-state index in [-0.39, 0.29) is 12.1 Å². The zero-order valence-electron chi connectivity index (χ0n) is 25.6. The molecule has 1 aromatic carbocycles. The van der Waals surface area contributed by atoms with Crippen molar-refractivity contribution in [3.63, 3.8) is 0 Å². The average Bonchev–Trinajstić information content (AvgIpc) is 3.47. The van der Waals surface area contributed by atoms with Crippen molar-refractivity contribution in [2.45, 2.75) is 61.5 Å². The fourth-order valence-corrected chi connectivity index (χ4v) is 6.78. The van der Waals surface area contributed by atoms with Gasteiger partial charge in [0.2, 0.25) is 5.95 Å². The van der Waals surface area contributed by atoms with E-state index in [1.807, 2.05) is 42.1 Å². The van der Waals surface area contributed by atoms with Gasteiger partial charge in [0.1, 0.15) is 10.7 Å². The van der Waals surface area contributed by atoms with Gasteiger partial charge in [-0.3, -0.25) is 4.68 Å². The molecule has 2 fully saturated rings. The molecule has 14 heteroatoms. The number of hydrogen-bond donors (Lipinski definition) is 3. The second-order valence-corrected chi connectivity index (χ2v) is 13.2. The summed E-state index contributed by atoms with van der Waals surface area (Å²) in [4.78, 5) is 25.2. The zero-order chi connectivity index (χ0) is 31.3. The monoisotopic (exact) mass is 692 g/mol. The largest absolute Gasteiger partial charge is 0.381 e. The Morgan fingerprint density at radius 1 is 1.00 bits per heavy atom. The molecule has 6 rings (SSSR count). The topological polar surface area (TPSA) is 135 Å². The first-order valence-corrected chi connectivity index (χ1v) is 16.7. The number of rotatable bonds is 8. The highest BCUT2D eigenvalue weighted by atomic mass is 79.9. The van der Waals surface area contributed by atoms with Crippen LogP contribution in [-0.4, -0.2) is 74.4 Å². The molecule has 12 nitrogen and oxygen atoms in total. The van der Waals surface area contributed by atoms with Crippen molar-refractivity contribution in [2.24, 2.45) is 7.05 Å². The third kappa shape index (κ3) is 7.56. The predicted octanol–water partition coefficient (Wildman–Crippen LogP) is 5.58. The molecule has 3 aromatic heterocycles. The maximum absolute atomic E-state index is 12.8. The Kier molecular flexibility index (Phi) is 9.81. The second kappa shape index (κ2) is 14.1. The molecule has 4 aromatic rings. The Balaban J connectivity index is 0.988. The molecule has 2 aliphatic rings. The molecule has 236 valence electrons. The standard InChI is InChI=1S/C31H37BrN10O2S/c1-19-20(2)28(40-39-27(19)26-8-13-34-41(26)3)42-14-9-22(10-15-42)37-31(43)36-21-4-6-24(7-5-21)45-29-25(32)18-33-30(38-29)35-23-11-16-44-17-12-23/h4-8,13,18,22-23H,9-12,14-17H2,1-3H3,(H,33,35,38)(H2,36,37,43). The molecule has 0 bridgehead atoms. The van der Waals surface area contributed by atoms with Crippen LogP contribution in [0.4, 0.5) is 22.2 Å². The van der Waals surface area contributed by atoms with Crippen molar-refractivity contribution in [1.82, 2.24) is 35.3 Å². The molecule has 0 spiro atoms. The van der Waals surface area contributed by atoms with Crippen LogP contribution in [0.15, 0.2) is 57.1 Å². The summed E-state index contributed by atoms with van der Waals surface area (Å²) in [6.45, 7) is 7.27. The van der Waals surface area contributed by atoms with E-state index in [1.165, 1.54) is 11.8 Å². The number of aryl methyl sites for hydroxylation is 1. The van der Waals surface area contributed by atoms with Crippen LogP contribution in [-0.2, 0) is 11.8 Å². The molecule has 2 saturated heterocycles. The fourth-order valence-electron chi connectivity index (χ4n) is 5.57. The fraction of sp³-hybridized carbons (Fsp3) is 0.419. The number of amides is 2. The van der Waals surface area contributed by atoms with Crippen LogP contribution < -0.4 is 20.9 Å². The Morgan fingerprint density at radius 2 is 1.76 bits per heavy atom. The smallest absolute Gasteiger partial charge is 0.319 e. The van der Waals surface area contributed by atoms with Crippen molar-refractivity contribution >= 4 is 51.2 Å². The van der Waals surface area contributed by atoms with Crippen molar-refractivity contribution < 1.29 is 9.53 Å². The Labute approximate surface area is 275 Å². The molecule has 0 aliphatic carbocycles. The van der Waals surface area contributed by atoms with Gasteiger partial charge < -0.3 is 25.6 Å². The van der Waals surface area contributed by atoms with Crippen LogP contribution in [0.5, 0.6) is 0 Å². The first kappa shape index (κ1) is 31.2. The third-order valence-electron chi connectivity index (χ3n) is 8.28. The van der Waals surface area contributed by atoms with Gasteiger partial charge >= 0.3 is 6.03 Å². The number of nitrogens with zero attached hydrogens (tertiary/aromatic N) is 7. The highest BCUT2D eigenvalue weighted by molar-refractivity contribution is 9.10. The molecular weight excluding hydrogens is 656 g/mol. The Bertz CT molecular complexity index is 1640. The number of halogens is 1. The van der Waals surface area contributed by atoms with E-state index in [4.69, 9.17) is 9.72 Å². The third-order valence-corrected chi connectivity index (χ3v) is 10.1. The minimum atomic E-state index is -0.205. The highest BCUT2D eigenvalue weighted by Gasteiger charge is 2.25. The van der Waals surface area contributed by atoms with Crippen molar-refractivity contribution in [1.29, 1.82) is 0 Å². The van der Waals surface area contributed by atoms with Crippen molar-refractivity contribution in [3.05, 3.63) is 58.3 Å². The first-order valence-electron chi connectivity index (χ1n) is 15.1. The van der Waals surface area contributed by atoms with Gasteiger partial charge in [-0.05, 0) is 96.9 Å². The van der Waals surface area contributed by atoms with E-state index in [0.717, 1.165) is 100 Å². The maximum atomic E-state index is 12.8. The minimum absolute atomic E-state index is 0.0817. The summed E-state index contributed by atoms with van der Waals surface area (Å²) in [5, 5.41) is 23.7. The summed E-state index contributed by atoms with van der Waals surface area (Å²) in [6, 6.07) is 9.90. The molecule has 0 saturated carbocycles. The normalized spacial score (nSPS) is 16.0. The van der Waals surface area contributed by atoms with E-state index in [2.05, 4.69) is 70.9 Å². The van der Waals surface area contributed by atoms with Gasteiger partial charge in [-0.2, -0.15) is 5.10 Å². The van der Waals surface area contributed by atoms with E-state index in [1.54, 1.807) is 12.4 Å². The SMILES string of the molecule is Cc1c(-c2ccnn2C)nnc(N2CCC(NC(=O)Nc3ccc(Sc4nc(NC5CCOCC5)ncc4Br)cc3)CC2)c1C. The Morgan fingerprint density at radius 3 is 2.47 bits per heavy atom. The van der Waals surface area contributed by atoms with Crippen LogP contribution in [0.3, 0.4) is 0 Å². The molecule has 0 unspecified atom stereocenters. The van der Waals surface area contributed by atoms with Gasteiger partial charge in [0, 0.05) is 68.4 Å². The number of anilines is 3. The van der Waals surface area contributed by atoms with E-state index < -0.39 is 0 Å². The van der Waals surface area contributed by atoms with Crippen LogP contribution >= 0.6 is 27.7 Å². The average molecular weight is 694 g/mol.